The molecule has 0 saturated carbocycles. The summed E-state index contributed by atoms with van der Waals surface area (Å²) in [6.45, 7) is 1.77. The molecule has 1 aliphatic rings. The van der Waals surface area contributed by atoms with Crippen LogP contribution in [0.15, 0.2) is 47.5 Å². The second-order valence-electron chi connectivity index (χ2n) is 6.41. The van der Waals surface area contributed by atoms with Crippen LogP contribution in [0.5, 0.6) is 0 Å². The van der Waals surface area contributed by atoms with Gasteiger partial charge in [0.25, 0.3) is 0 Å². The molecule has 0 atom stereocenters. The molecular weight excluding hydrogens is 346 g/mol. The van der Waals surface area contributed by atoms with Crippen molar-refractivity contribution < 1.29 is 4.79 Å². The van der Waals surface area contributed by atoms with Gasteiger partial charge in [-0.2, -0.15) is 9.61 Å². The first kappa shape index (κ1) is 17.0. The summed E-state index contributed by atoms with van der Waals surface area (Å²) in [4.78, 5) is 14.5. The van der Waals surface area contributed by atoms with Crippen LogP contribution in [-0.4, -0.2) is 49.5 Å². The minimum atomic E-state index is 0.200. The van der Waals surface area contributed by atoms with E-state index < -0.39 is 0 Å². The van der Waals surface area contributed by atoms with Crippen molar-refractivity contribution >= 4 is 23.3 Å². The number of fused-ring (bicyclic) bond motifs is 1. The zero-order chi connectivity index (χ0) is 17.8. The van der Waals surface area contributed by atoms with Crippen molar-refractivity contribution in [1.82, 2.24) is 24.7 Å². The largest absolute Gasteiger partial charge is 0.342 e. The summed E-state index contributed by atoms with van der Waals surface area (Å²) in [5, 5.41) is 13.9. The van der Waals surface area contributed by atoms with Crippen molar-refractivity contribution in [2.75, 3.05) is 18.8 Å². The maximum atomic E-state index is 12.5. The van der Waals surface area contributed by atoms with Crippen LogP contribution < -0.4 is 0 Å². The lowest BCUT2D eigenvalue weighted by atomic mass is 10.2. The predicted molar refractivity (Wildman–Crippen MR) is 102 cm³/mol. The molecule has 1 aliphatic heterocycles. The minimum Gasteiger partial charge on any atom is -0.342 e. The van der Waals surface area contributed by atoms with Crippen LogP contribution in [0.4, 0.5) is 0 Å². The minimum absolute atomic E-state index is 0.200. The van der Waals surface area contributed by atoms with Gasteiger partial charge in [-0.15, -0.1) is 10.2 Å². The lowest BCUT2D eigenvalue weighted by Gasteiger charge is -2.19. The van der Waals surface area contributed by atoms with E-state index in [9.17, 15) is 4.79 Å². The van der Waals surface area contributed by atoms with Crippen LogP contribution in [0.1, 0.15) is 25.7 Å². The number of likely N-dealkylation sites (tertiary alicyclic amines) is 1. The Hall–Kier alpha value is -2.41. The van der Waals surface area contributed by atoms with Crippen molar-refractivity contribution in [3.63, 3.8) is 0 Å². The molecule has 6 nitrogen and oxygen atoms in total. The summed E-state index contributed by atoms with van der Waals surface area (Å²) >= 11 is 1.47. The first-order valence-electron chi connectivity index (χ1n) is 9.00. The predicted octanol–water partition coefficient (Wildman–Crippen LogP) is 3.29. The average molecular weight is 367 g/mol. The molecule has 0 radical (unpaired) electrons. The summed E-state index contributed by atoms with van der Waals surface area (Å²) in [7, 11) is 0. The fraction of sp³-hybridized carbons (Fsp3) is 0.368. The Bertz CT molecular complexity index is 887. The van der Waals surface area contributed by atoms with Crippen molar-refractivity contribution in [3.8, 4) is 11.4 Å². The highest BCUT2D eigenvalue weighted by molar-refractivity contribution is 7.99. The molecule has 1 fully saturated rings. The van der Waals surface area contributed by atoms with Gasteiger partial charge in [0, 0.05) is 18.7 Å². The van der Waals surface area contributed by atoms with Gasteiger partial charge in [0.05, 0.1) is 5.75 Å². The van der Waals surface area contributed by atoms with Crippen LogP contribution >= 0.6 is 11.8 Å². The number of hydrogen-bond acceptors (Lipinski definition) is 5. The van der Waals surface area contributed by atoms with E-state index in [0.29, 0.717) is 17.2 Å². The Balaban J connectivity index is 1.49. The number of nitrogens with zero attached hydrogens (tertiary/aromatic N) is 5. The molecule has 3 aromatic rings. The summed E-state index contributed by atoms with van der Waals surface area (Å²) in [5.74, 6) is 1.33. The fourth-order valence-electron chi connectivity index (χ4n) is 3.16. The lowest BCUT2D eigenvalue weighted by molar-refractivity contribution is -0.128. The zero-order valence-corrected chi connectivity index (χ0v) is 15.4. The van der Waals surface area contributed by atoms with Gasteiger partial charge in [-0.05, 0) is 25.0 Å². The molecular formula is C19H21N5OS. The molecule has 1 amide bonds. The molecule has 134 valence electrons. The van der Waals surface area contributed by atoms with Gasteiger partial charge in [-0.25, -0.2) is 0 Å². The van der Waals surface area contributed by atoms with Crippen molar-refractivity contribution in [1.29, 1.82) is 0 Å². The van der Waals surface area contributed by atoms with Gasteiger partial charge in [0.2, 0.25) is 5.91 Å². The molecule has 26 heavy (non-hydrogen) atoms. The van der Waals surface area contributed by atoms with Crippen LogP contribution in [0.3, 0.4) is 0 Å². The molecule has 0 spiro atoms. The number of hydrogen-bond donors (Lipinski definition) is 0. The number of rotatable bonds is 4. The van der Waals surface area contributed by atoms with Gasteiger partial charge in [0.15, 0.2) is 11.5 Å². The summed E-state index contributed by atoms with van der Waals surface area (Å²) in [6, 6.07) is 13.7. The Morgan fingerprint density at radius 2 is 1.73 bits per heavy atom. The summed E-state index contributed by atoms with van der Waals surface area (Å²) < 4.78 is 1.74. The number of benzene rings is 1. The third-order valence-corrected chi connectivity index (χ3v) is 5.48. The molecule has 0 bridgehead atoms. The van der Waals surface area contributed by atoms with E-state index in [1.807, 2.05) is 47.4 Å². The highest BCUT2D eigenvalue weighted by Crippen LogP contribution is 2.21. The van der Waals surface area contributed by atoms with Crippen molar-refractivity contribution in [3.05, 3.63) is 42.5 Å². The standard InChI is InChI=1S/C19H21N5OS/c25-18(23-12-6-1-2-7-13-23)14-26-17-11-10-16-20-21-19(24(16)22-17)15-8-4-3-5-9-15/h3-5,8-11H,1-2,6-7,12-14H2. The van der Waals surface area contributed by atoms with Crippen LogP contribution in [-0.2, 0) is 4.79 Å². The SMILES string of the molecule is O=C(CSc1ccc2nnc(-c3ccccc3)n2n1)N1CCCCCC1. The van der Waals surface area contributed by atoms with Gasteiger partial charge >= 0.3 is 0 Å². The Kier molecular flexibility index (Phi) is 5.15. The fourth-order valence-corrected chi connectivity index (χ4v) is 3.92. The number of aromatic nitrogens is 4. The van der Waals surface area contributed by atoms with E-state index in [4.69, 9.17) is 0 Å². The molecule has 0 N–H and O–H groups in total. The Morgan fingerprint density at radius 1 is 0.962 bits per heavy atom. The summed E-state index contributed by atoms with van der Waals surface area (Å²) in [5.41, 5.74) is 1.67. The normalized spacial score (nSPS) is 15.2. The van der Waals surface area contributed by atoms with Crippen molar-refractivity contribution in [2.24, 2.45) is 0 Å². The first-order valence-corrected chi connectivity index (χ1v) is 9.98. The Morgan fingerprint density at radius 3 is 2.50 bits per heavy atom. The maximum absolute atomic E-state index is 12.5. The molecule has 4 rings (SSSR count). The molecule has 2 aromatic heterocycles. The van der Waals surface area contributed by atoms with E-state index in [1.54, 1.807) is 4.52 Å². The monoisotopic (exact) mass is 367 g/mol. The molecule has 0 unspecified atom stereocenters. The second kappa shape index (κ2) is 7.86. The molecule has 1 aromatic carbocycles. The molecule has 7 heteroatoms. The number of thioether (sulfide) groups is 1. The van der Waals surface area contributed by atoms with Gasteiger partial charge in [-0.3, -0.25) is 4.79 Å². The van der Waals surface area contributed by atoms with Gasteiger partial charge in [-0.1, -0.05) is 54.9 Å². The average Bonchev–Trinajstić information content (AvgIpc) is 2.91. The highest BCUT2D eigenvalue weighted by atomic mass is 32.2. The second-order valence-corrected chi connectivity index (χ2v) is 7.41. The van der Waals surface area contributed by atoms with Gasteiger partial charge in [0.1, 0.15) is 5.03 Å². The number of carbonyl (C=O) groups excluding carboxylic acids is 1. The first-order chi connectivity index (χ1) is 12.8. The van der Waals surface area contributed by atoms with Crippen molar-refractivity contribution in [2.45, 2.75) is 30.7 Å². The van der Waals surface area contributed by atoms with Gasteiger partial charge < -0.3 is 4.90 Å². The quantitative estimate of drug-likeness (QED) is 0.662. The number of carbonyl (C=O) groups is 1. The maximum Gasteiger partial charge on any atom is 0.232 e. The lowest BCUT2D eigenvalue weighted by Crippen LogP contribution is -2.33. The molecule has 1 saturated heterocycles. The number of amides is 1. The van der Waals surface area contributed by atoms with E-state index in [2.05, 4.69) is 15.3 Å². The Labute approximate surface area is 156 Å². The molecule has 3 heterocycles. The van der Waals surface area contributed by atoms with E-state index >= 15 is 0 Å². The third kappa shape index (κ3) is 3.72. The van der Waals surface area contributed by atoms with E-state index in [0.717, 1.165) is 36.5 Å². The zero-order valence-electron chi connectivity index (χ0n) is 14.5. The smallest absolute Gasteiger partial charge is 0.232 e. The van der Waals surface area contributed by atoms with Crippen LogP contribution in [0.25, 0.3) is 17.0 Å². The third-order valence-electron chi connectivity index (χ3n) is 4.57. The van der Waals surface area contributed by atoms with E-state index in [-0.39, 0.29) is 5.91 Å². The topological polar surface area (TPSA) is 63.4 Å². The van der Waals surface area contributed by atoms with Crippen LogP contribution in [0.2, 0.25) is 0 Å². The molecule has 0 aliphatic carbocycles. The van der Waals surface area contributed by atoms with E-state index in [1.165, 1.54) is 24.6 Å². The highest BCUT2D eigenvalue weighted by Gasteiger charge is 2.16. The van der Waals surface area contributed by atoms with Crippen LogP contribution in [0, 0.1) is 0 Å². The summed E-state index contributed by atoms with van der Waals surface area (Å²) in [6.07, 6.45) is 4.68.